The number of benzene rings is 1. The van der Waals surface area contributed by atoms with Crippen LogP contribution in [-0.4, -0.2) is 44.5 Å². The maximum atomic E-state index is 5.89. The van der Waals surface area contributed by atoms with Crippen LogP contribution >= 0.6 is 24.0 Å². The quantitative estimate of drug-likeness (QED) is 0.331. The first-order valence-corrected chi connectivity index (χ1v) is 9.41. The van der Waals surface area contributed by atoms with E-state index < -0.39 is 0 Å². The standard InChI is InChI=1S/C20H33N3O3.HI/c1-7-21-19(23-13-20(4,5)24-6)22-12-16-11-18-15(9-14(3)26-18)10-17(16)25-8-2;/h10-11,14H,7-9,12-13H2,1-6H3,(H2,21,22,23);1H. The average Bonchev–Trinajstić information content (AvgIpc) is 2.96. The lowest BCUT2D eigenvalue weighted by molar-refractivity contribution is 0.0268. The summed E-state index contributed by atoms with van der Waals surface area (Å²) < 4.78 is 17.2. The van der Waals surface area contributed by atoms with Crippen molar-refractivity contribution < 1.29 is 14.2 Å². The van der Waals surface area contributed by atoms with Crippen molar-refractivity contribution in [2.24, 2.45) is 4.99 Å². The molecule has 27 heavy (non-hydrogen) atoms. The van der Waals surface area contributed by atoms with Crippen molar-refractivity contribution in [3.05, 3.63) is 23.3 Å². The number of halogens is 1. The zero-order valence-corrected chi connectivity index (χ0v) is 19.7. The van der Waals surface area contributed by atoms with Crippen molar-refractivity contribution in [1.82, 2.24) is 10.6 Å². The van der Waals surface area contributed by atoms with Crippen LogP contribution in [-0.2, 0) is 17.7 Å². The minimum absolute atomic E-state index is 0. The Morgan fingerprint density at radius 1 is 1.30 bits per heavy atom. The fourth-order valence-electron chi connectivity index (χ4n) is 2.77. The van der Waals surface area contributed by atoms with Crippen LogP contribution in [0, 0.1) is 0 Å². The number of nitrogens with zero attached hydrogens (tertiary/aromatic N) is 1. The minimum atomic E-state index is -0.260. The highest BCUT2D eigenvalue weighted by Crippen LogP contribution is 2.35. The lowest BCUT2D eigenvalue weighted by atomic mass is 10.1. The van der Waals surface area contributed by atoms with Crippen molar-refractivity contribution >= 4 is 29.9 Å². The predicted molar refractivity (Wildman–Crippen MR) is 121 cm³/mol. The highest BCUT2D eigenvalue weighted by molar-refractivity contribution is 14.0. The number of nitrogens with one attached hydrogen (secondary N) is 2. The molecule has 7 heteroatoms. The van der Waals surface area contributed by atoms with E-state index in [9.17, 15) is 0 Å². The summed E-state index contributed by atoms with van der Waals surface area (Å²) in [6.07, 6.45) is 1.14. The Hall–Kier alpha value is -1.22. The highest BCUT2D eigenvalue weighted by Gasteiger charge is 2.22. The molecule has 1 unspecified atom stereocenters. The molecule has 0 amide bonds. The largest absolute Gasteiger partial charge is 0.494 e. The molecule has 1 aromatic rings. The minimum Gasteiger partial charge on any atom is -0.494 e. The number of rotatable bonds is 8. The van der Waals surface area contributed by atoms with Crippen LogP contribution in [0.4, 0.5) is 0 Å². The molecule has 6 nitrogen and oxygen atoms in total. The Morgan fingerprint density at radius 2 is 2.04 bits per heavy atom. The molecule has 1 aromatic carbocycles. The van der Waals surface area contributed by atoms with Crippen molar-refractivity contribution in [3.8, 4) is 11.5 Å². The Balaban J connectivity index is 0.00000364. The molecule has 0 saturated carbocycles. The van der Waals surface area contributed by atoms with E-state index in [1.165, 1.54) is 5.56 Å². The van der Waals surface area contributed by atoms with Gasteiger partial charge in [-0.3, -0.25) is 0 Å². The van der Waals surface area contributed by atoms with Gasteiger partial charge < -0.3 is 24.8 Å². The van der Waals surface area contributed by atoms with E-state index >= 15 is 0 Å². The van der Waals surface area contributed by atoms with Crippen molar-refractivity contribution in [3.63, 3.8) is 0 Å². The van der Waals surface area contributed by atoms with Gasteiger partial charge in [0.1, 0.15) is 17.6 Å². The summed E-state index contributed by atoms with van der Waals surface area (Å²) in [6.45, 7) is 12.8. The third-order valence-electron chi connectivity index (χ3n) is 4.36. The highest BCUT2D eigenvalue weighted by atomic mass is 127. The molecule has 0 fully saturated rings. The fourth-order valence-corrected chi connectivity index (χ4v) is 2.77. The Labute approximate surface area is 180 Å². The van der Waals surface area contributed by atoms with Crippen LogP contribution in [0.5, 0.6) is 11.5 Å². The van der Waals surface area contributed by atoms with Gasteiger partial charge >= 0.3 is 0 Å². The monoisotopic (exact) mass is 491 g/mol. The summed E-state index contributed by atoms with van der Waals surface area (Å²) in [7, 11) is 1.71. The maximum Gasteiger partial charge on any atom is 0.191 e. The number of aliphatic imine (C=N–C) groups is 1. The molecular formula is C20H34IN3O3. The van der Waals surface area contributed by atoms with Gasteiger partial charge in [-0.1, -0.05) is 0 Å². The number of fused-ring (bicyclic) bond motifs is 1. The van der Waals surface area contributed by atoms with Crippen LogP contribution < -0.4 is 20.1 Å². The smallest absolute Gasteiger partial charge is 0.191 e. The second kappa shape index (κ2) is 10.9. The third-order valence-corrected chi connectivity index (χ3v) is 4.36. The first-order valence-electron chi connectivity index (χ1n) is 9.41. The van der Waals surface area contributed by atoms with E-state index in [1.54, 1.807) is 7.11 Å². The zero-order valence-electron chi connectivity index (χ0n) is 17.3. The summed E-state index contributed by atoms with van der Waals surface area (Å²) >= 11 is 0. The normalized spacial score (nSPS) is 16.2. The third kappa shape index (κ3) is 7.03. The van der Waals surface area contributed by atoms with Gasteiger partial charge in [-0.25, -0.2) is 4.99 Å². The number of methoxy groups -OCH3 is 1. The van der Waals surface area contributed by atoms with Gasteiger partial charge in [0.05, 0.1) is 18.8 Å². The van der Waals surface area contributed by atoms with Crippen LogP contribution in [0.15, 0.2) is 17.1 Å². The predicted octanol–water partition coefficient (Wildman–Crippen LogP) is 3.51. The Morgan fingerprint density at radius 3 is 2.67 bits per heavy atom. The lowest BCUT2D eigenvalue weighted by Gasteiger charge is -2.24. The molecule has 2 rings (SSSR count). The molecule has 2 N–H and O–H groups in total. The molecular weight excluding hydrogens is 457 g/mol. The molecule has 0 bridgehead atoms. The van der Waals surface area contributed by atoms with Crippen molar-refractivity contribution in [2.75, 3.05) is 26.8 Å². The van der Waals surface area contributed by atoms with Crippen LogP contribution in [0.25, 0.3) is 0 Å². The molecule has 154 valence electrons. The Kier molecular flexibility index (Phi) is 9.66. The van der Waals surface area contributed by atoms with E-state index in [-0.39, 0.29) is 35.7 Å². The topological polar surface area (TPSA) is 64.1 Å². The molecule has 1 aliphatic rings. The Bertz CT molecular complexity index is 635. The first kappa shape index (κ1) is 23.8. The van der Waals surface area contributed by atoms with Gasteiger partial charge in [-0.15, -0.1) is 24.0 Å². The summed E-state index contributed by atoms with van der Waals surface area (Å²) in [5, 5.41) is 6.61. The average molecular weight is 491 g/mol. The molecule has 1 heterocycles. The summed E-state index contributed by atoms with van der Waals surface area (Å²) in [4.78, 5) is 4.71. The van der Waals surface area contributed by atoms with E-state index in [4.69, 9.17) is 19.2 Å². The van der Waals surface area contributed by atoms with Gasteiger partial charge in [-0.05, 0) is 46.8 Å². The second-order valence-electron chi connectivity index (χ2n) is 7.15. The molecule has 0 aromatic heterocycles. The number of guanidine groups is 1. The van der Waals surface area contributed by atoms with E-state index in [1.807, 2.05) is 20.8 Å². The second-order valence-corrected chi connectivity index (χ2v) is 7.15. The van der Waals surface area contributed by atoms with Crippen molar-refractivity contribution in [2.45, 2.75) is 59.3 Å². The van der Waals surface area contributed by atoms with E-state index in [0.717, 1.165) is 36.0 Å². The van der Waals surface area contributed by atoms with Crippen LogP contribution in [0.2, 0.25) is 0 Å². The number of hydrogen-bond acceptors (Lipinski definition) is 4. The molecule has 0 spiro atoms. The van der Waals surface area contributed by atoms with Gasteiger partial charge in [0, 0.05) is 37.7 Å². The molecule has 0 aliphatic carbocycles. The number of ether oxygens (including phenoxy) is 3. The molecule has 0 radical (unpaired) electrons. The summed E-state index contributed by atoms with van der Waals surface area (Å²) in [6, 6.07) is 4.16. The first-order chi connectivity index (χ1) is 12.4. The molecule has 0 saturated heterocycles. The molecule has 1 aliphatic heterocycles. The van der Waals surface area contributed by atoms with Crippen LogP contribution in [0.3, 0.4) is 0 Å². The zero-order chi connectivity index (χ0) is 19.2. The maximum absolute atomic E-state index is 5.89. The van der Waals surface area contributed by atoms with Crippen LogP contribution in [0.1, 0.15) is 45.7 Å². The van der Waals surface area contributed by atoms with Gasteiger partial charge in [-0.2, -0.15) is 0 Å². The lowest BCUT2D eigenvalue weighted by Crippen LogP contribution is -2.45. The van der Waals surface area contributed by atoms with Crippen molar-refractivity contribution in [1.29, 1.82) is 0 Å². The summed E-state index contributed by atoms with van der Waals surface area (Å²) in [5.41, 5.74) is 1.98. The SMILES string of the molecule is CCNC(=NCc1cc2c(cc1OCC)CC(C)O2)NCC(C)(C)OC.I. The molecule has 1 atom stereocenters. The number of hydrogen-bond donors (Lipinski definition) is 2. The van der Waals surface area contributed by atoms with E-state index in [2.05, 4.69) is 36.6 Å². The van der Waals surface area contributed by atoms with Gasteiger partial charge in [0.2, 0.25) is 0 Å². The van der Waals surface area contributed by atoms with Gasteiger partial charge in [0.15, 0.2) is 5.96 Å². The summed E-state index contributed by atoms with van der Waals surface area (Å²) in [5.74, 6) is 2.60. The van der Waals surface area contributed by atoms with E-state index in [0.29, 0.717) is 19.7 Å². The van der Waals surface area contributed by atoms with Gasteiger partial charge in [0.25, 0.3) is 0 Å². The fraction of sp³-hybridized carbons (Fsp3) is 0.650.